The van der Waals surface area contributed by atoms with Gasteiger partial charge in [0.1, 0.15) is 17.6 Å². The molecule has 1 unspecified atom stereocenters. The highest BCUT2D eigenvalue weighted by molar-refractivity contribution is 5.84. The molecule has 3 aromatic rings. The van der Waals surface area contributed by atoms with Gasteiger partial charge in [0.2, 0.25) is 0 Å². The van der Waals surface area contributed by atoms with Gasteiger partial charge < -0.3 is 14.1 Å². The molecule has 1 fully saturated rings. The summed E-state index contributed by atoms with van der Waals surface area (Å²) in [6.45, 7) is 3.75. The minimum absolute atomic E-state index is 0.157. The summed E-state index contributed by atoms with van der Waals surface area (Å²) in [6, 6.07) is 12.8. The van der Waals surface area contributed by atoms with Gasteiger partial charge in [-0.1, -0.05) is 18.2 Å². The van der Waals surface area contributed by atoms with Gasteiger partial charge >= 0.3 is 0 Å². The average Bonchev–Trinajstić information content (AvgIpc) is 3.26. The van der Waals surface area contributed by atoms with Crippen LogP contribution in [0.1, 0.15) is 48.1 Å². The van der Waals surface area contributed by atoms with E-state index in [2.05, 4.69) is 46.3 Å². The van der Waals surface area contributed by atoms with E-state index in [4.69, 9.17) is 9.15 Å². The summed E-state index contributed by atoms with van der Waals surface area (Å²) in [4.78, 5) is 6.06. The Morgan fingerprint density at radius 2 is 2.08 bits per heavy atom. The number of nitrogens with one attached hydrogen (secondary N) is 1. The first-order valence-corrected chi connectivity index (χ1v) is 9.38. The molecule has 4 heteroatoms. The zero-order valence-electron chi connectivity index (χ0n) is 14.5. The molecule has 25 heavy (non-hydrogen) atoms. The molecule has 0 saturated carbocycles. The normalized spacial score (nSPS) is 21.5. The third kappa shape index (κ3) is 2.90. The lowest BCUT2D eigenvalue weighted by Gasteiger charge is -2.26. The summed E-state index contributed by atoms with van der Waals surface area (Å²) < 4.78 is 11.9. The topological polar surface area (TPSA) is 41.4 Å². The zero-order valence-corrected chi connectivity index (χ0v) is 14.5. The molecule has 4 nitrogen and oxygen atoms in total. The SMILES string of the molecule is c1ccc2c3c([nH]c2c1)CN(Cc1ccc(C2CCCCO2)o1)CC3. The Kier molecular flexibility index (Phi) is 3.87. The van der Waals surface area contributed by atoms with Crippen molar-refractivity contribution in [2.45, 2.75) is 44.9 Å². The predicted octanol–water partition coefficient (Wildman–Crippen LogP) is 4.56. The van der Waals surface area contributed by atoms with Crippen LogP contribution in [0.2, 0.25) is 0 Å². The summed E-state index contributed by atoms with van der Waals surface area (Å²) >= 11 is 0. The molecule has 0 bridgehead atoms. The highest BCUT2D eigenvalue weighted by Crippen LogP contribution is 2.31. The molecule has 0 spiro atoms. The highest BCUT2D eigenvalue weighted by Gasteiger charge is 2.23. The van der Waals surface area contributed by atoms with Crippen molar-refractivity contribution in [3.63, 3.8) is 0 Å². The number of aromatic nitrogens is 1. The number of benzene rings is 1. The van der Waals surface area contributed by atoms with Gasteiger partial charge in [-0.2, -0.15) is 0 Å². The van der Waals surface area contributed by atoms with Crippen LogP contribution in [0.25, 0.3) is 10.9 Å². The Labute approximate surface area is 147 Å². The van der Waals surface area contributed by atoms with Crippen molar-refractivity contribution in [3.8, 4) is 0 Å². The fourth-order valence-corrected chi connectivity index (χ4v) is 4.22. The fourth-order valence-electron chi connectivity index (χ4n) is 4.22. The first-order valence-electron chi connectivity index (χ1n) is 9.38. The molecule has 1 saturated heterocycles. The minimum Gasteiger partial charge on any atom is -0.462 e. The van der Waals surface area contributed by atoms with Crippen LogP contribution in [0.4, 0.5) is 0 Å². The van der Waals surface area contributed by atoms with Crippen LogP contribution in [-0.2, 0) is 24.2 Å². The standard InChI is InChI=1S/C21H24N2O2/c1-2-6-18-16(5-1)17-10-11-23(14-19(17)22-18)13-15-8-9-21(25-15)20-7-3-4-12-24-20/h1-2,5-6,8-9,20,22H,3-4,7,10-14H2. The number of nitrogens with zero attached hydrogens (tertiary/aromatic N) is 1. The number of fused-ring (bicyclic) bond motifs is 3. The lowest BCUT2D eigenvalue weighted by Crippen LogP contribution is -2.29. The van der Waals surface area contributed by atoms with E-state index >= 15 is 0 Å². The van der Waals surface area contributed by atoms with Crippen molar-refractivity contribution in [3.05, 3.63) is 59.2 Å². The van der Waals surface area contributed by atoms with Crippen LogP contribution in [0.5, 0.6) is 0 Å². The maximum Gasteiger partial charge on any atom is 0.133 e. The lowest BCUT2D eigenvalue weighted by molar-refractivity contribution is 0.000796. The van der Waals surface area contributed by atoms with Crippen LogP contribution < -0.4 is 0 Å². The molecule has 2 aromatic heterocycles. The summed E-state index contributed by atoms with van der Waals surface area (Å²) in [7, 11) is 0. The minimum atomic E-state index is 0.157. The summed E-state index contributed by atoms with van der Waals surface area (Å²) in [5.41, 5.74) is 4.10. The number of hydrogen-bond donors (Lipinski definition) is 1. The molecule has 1 N–H and O–H groups in total. The summed E-state index contributed by atoms with van der Waals surface area (Å²) in [5, 5.41) is 1.38. The number of furan rings is 1. The van der Waals surface area contributed by atoms with Crippen molar-refractivity contribution < 1.29 is 9.15 Å². The second-order valence-electron chi connectivity index (χ2n) is 7.25. The fraction of sp³-hybridized carbons (Fsp3) is 0.429. The molecule has 5 rings (SSSR count). The first kappa shape index (κ1) is 15.2. The third-order valence-electron chi connectivity index (χ3n) is 5.52. The molecular formula is C21H24N2O2. The summed E-state index contributed by atoms with van der Waals surface area (Å²) in [6.07, 6.45) is 4.73. The molecular weight excluding hydrogens is 312 g/mol. The molecule has 0 aliphatic carbocycles. The summed E-state index contributed by atoms with van der Waals surface area (Å²) in [5.74, 6) is 2.04. The van der Waals surface area contributed by atoms with E-state index in [0.717, 1.165) is 50.6 Å². The van der Waals surface area contributed by atoms with Crippen LogP contribution in [0.3, 0.4) is 0 Å². The van der Waals surface area contributed by atoms with Gasteiger partial charge in [-0.05, 0) is 49.4 Å². The monoisotopic (exact) mass is 336 g/mol. The Morgan fingerprint density at radius 1 is 1.12 bits per heavy atom. The van der Waals surface area contributed by atoms with Crippen molar-refractivity contribution >= 4 is 10.9 Å². The van der Waals surface area contributed by atoms with Crippen molar-refractivity contribution in [2.24, 2.45) is 0 Å². The number of ether oxygens (including phenoxy) is 1. The molecule has 1 aromatic carbocycles. The lowest BCUT2D eigenvalue weighted by atomic mass is 10.0. The Hall–Kier alpha value is -2.04. The Bertz CT molecular complexity index is 873. The van der Waals surface area contributed by atoms with Gasteiger partial charge in [-0.15, -0.1) is 0 Å². The van der Waals surface area contributed by atoms with Gasteiger partial charge in [0.25, 0.3) is 0 Å². The molecule has 4 heterocycles. The maximum absolute atomic E-state index is 6.10. The third-order valence-corrected chi connectivity index (χ3v) is 5.52. The second-order valence-corrected chi connectivity index (χ2v) is 7.25. The molecule has 2 aliphatic rings. The van der Waals surface area contributed by atoms with Gasteiger partial charge in [0, 0.05) is 36.3 Å². The van der Waals surface area contributed by atoms with Gasteiger partial charge in [-0.25, -0.2) is 0 Å². The van der Waals surface area contributed by atoms with Gasteiger partial charge in [0.15, 0.2) is 0 Å². The highest BCUT2D eigenvalue weighted by atomic mass is 16.5. The quantitative estimate of drug-likeness (QED) is 0.762. The van der Waals surface area contributed by atoms with Crippen molar-refractivity contribution in [2.75, 3.05) is 13.2 Å². The Morgan fingerprint density at radius 3 is 3.00 bits per heavy atom. The number of rotatable bonds is 3. The van der Waals surface area contributed by atoms with Crippen LogP contribution in [0.15, 0.2) is 40.8 Å². The van der Waals surface area contributed by atoms with E-state index in [0.29, 0.717) is 0 Å². The van der Waals surface area contributed by atoms with E-state index in [9.17, 15) is 0 Å². The molecule has 1 atom stereocenters. The number of hydrogen-bond acceptors (Lipinski definition) is 3. The molecule has 0 radical (unpaired) electrons. The number of aromatic amines is 1. The number of para-hydroxylation sites is 1. The largest absolute Gasteiger partial charge is 0.462 e. The van der Waals surface area contributed by atoms with Gasteiger partial charge in [-0.3, -0.25) is 4.90 Å². The van der Waals surface area contributed by atoms with E-state index < -0.39 is 0 Å². The van der Waals surface area contributed by atoms with E-state index in [-0.39, 0.29) is 6.10 Å². The Balaban J connectivity index is 1.30. The van der Waals surface area contributed by atoms with Crippen LogP contribution in [-0.4, -0.2) is 23.0 Å². The van der Waals surface area contributed by atoms with Gasteiger partial charge in [0.05, 0.1) is 6.54 Å². The first-order chi connectivity index (χ1) is 12.4. The van der Waals surface area contributed by atoms with Crippen LogP contribution in [0, 0.1) is 0 Å². The zero-order chi connectivity index (χ0) is 16.6. The van der Waals surface area contributed by atoms with Crippen molar-refractivity contribution in [1.82, 2.24) is 9.88 Å². The van der Waals surface area contributed by atoms with E-state index in [1.807, 2.05) is 0 Å². The van der Waals surface area contributed by atoms with Crippen molar-refractivity contribution in [1.29, 1.82) is 0 Å². The second kappa shape index (κ2) is 6.36. The molecule has 0 amide bonds. The maximum atomic E-state index is 6.10. The van der Waals surface area contributed by atoms with E-state index in [1.54, 1.807) is 0 Å². The molecule has 2 aliphatic heterocycles. The van der Waals surface area contributed by atoms with E-state index in [1.165, 1.54) is 35.0 Å². The smallest absolute Gasteiger partial charge is 0.133 e. The predicted molar refractivity (Wildman–Crippen MR) is 97.4 cm³/mol. The molecule has 130 valence electrons. The van der Waals surface area contributed by atoms with Crippen LogP contribution >= 0.6 is 0 Å². The average molecular weight is 336 g/mol. The number of H-pyrrole nitrogens is 1.